The van der Waals surface area contributed by atoms with Gasteiger partial charge in [-0.05, 0) is 55.2 Å². The highest BCUT2D eigenvalue weighted by Crippen LogP contribution is 2.32. The van der Waals surface area contributed by atoms with Gasteiger partial charge in [-0.15, -0.1) is 0 Å². The van der Waals surface area contributed by atoms with Crippen LogP contribution in [0.1, 0.15) is 48.6 Å². The molecule has 0 radical (unpaired) electrons. The lowest BCUT2D eigenvalue weighted by atomic mass is 9.95. The minimum Gasteiger partial charge on any atom is -0.490 e. The molecule has 0 bridgehead atoms. The Hall–Kier alpha value is -4.43. The van der Waals surface area contributed by atoms with E-state index in [2.05, 4.69) is 19.1 Å². The molecule has 0 fully saturated rings. The summed E-state index contributed by atoms with van der Waals surface area (Å²) in [5.74, 6) is 0.742. The van der Waals surface area contributed by atoms with Gasteiger partial charge in [-0.2, -0.15) is 0 Å². The van der Waals surface area contributed by atoms with Crippen molar-refractivity contribution in [1.29, 1.82) is 0 Å². The second kappa shape index (κ2) is 12.4. The minimum absolute atomic E-state index is 0.225. The maximum Gasteiger partial charge on any atom is 0.338 e. The van der Waals surface area contributed by atoms with Crippen molar-refractivity contribution in [3.63, 3.8) is 0 Å². The molecule has 3 aromatic carbocycles. The maximum atomic E-state index is 13.9. The quantitative estimate of drug-likeness (QED) is 0.263. The van der Waals surface area contributed by atoms with E-state index in [0.717, 1.165) is 16.7 Å². The lowest BCUT2D eigenvalue weighted by molar-refractivity contribution is -0.136. The van der Waals surface area contributed by atoms with Gasteiger partial charge in [0.2, 0.25) is 0 Å². The number of aromatic nitrogens is 1. The summed E-state index contributed by atoms with van der Waals surface area (Å²) in [6.45, 7) is 6.80. The molecular weight excluding hydrogens is 536 g/mol. The molecule has 0 saturated carbocycles. The number of esters is 1. The molecule has 0 N–H and O–H groups in total. The first kappa shape index (κ1) is 28.1. The normalized spacial score (nSPS) is 14.8. The molecule has 210 valence electrons. The molecule has 41 heavy (non-hydrogen) atoms. The Labute approximate surface area is 242 Å². The van der Waals surface area contributed by atoms with Gasteiger partial charge < -0.3 is 14.2 Å². The number of ether oxygens (including phenoxy) is 3. The third kappa shape index (κ3) is 5.88. The van der Waals surface area contributed by atoms with Crippen molar-refractivity contribution < 1.29 is 19.0 Å². The SMILES string of the molecule is CCOc1cc(/C=c2\sc3n(c2=O)[C@@H](c2ccccc2)C(C(=O)OC)=C(CC)N=3)ccc1OCc1ccc(C)cc1. The smallest absolute Gasteiger partial charge is 0.338 e. The van der Waals surface area contributed by atoms with Crippen LogP contribution in [0.5, 0.6) is 11.5 Å². The Bertz CT molecular complexity index is 1770. The Kier molecular flexibility index (Phi) is 8.50. The Morgan fingerprint density at radius 1 is 1.00 bits per heavy atom. The van der Waals surface area contributed by atoms with Gasteiger partial charge in [0.25, 0.3) is 5.56 Å². The first-order valence-corrected chi connectivity index (χ1v) is 14.4. The summed E-state index contributed by atoms with van der Waals surface area (Å²) in [7, 11) is 1.35. The van der Waals surface area contributed by atoms with E-state index in [9.17, 15) is 9.59 Å². The molecule has 1 atom stereocenters. The predicted molar refractivity (Wildman–Crippen MR) is 160 cm³/mol. The molecule has 1 aliphatic heterocycles. The van der Waals surface area contributed by atoms with E-state index in [4.69, 9.17) is 19.2 Å². The van der Waals surface area contributed by atoms with Gasteiger partial charge in [0, 0.05) is 0 Å². The number of carbonyl (C=O) groups is 1. The van der Waals surface area contributed by atoms with Crippen LogP contribution in [-0.4, -0.2) is 24.3 Å². The first-order chi connectivity index (χ1) is 19.9. The summed E-state index contributed by atoms with van der Waals surface area (Å²) in [6, 6.07) is 22.7. The number of aryl methyl sites for hydroxylation is 1. The number of thiazole rings is 1. The highest BCUT2D eigenvalue weighted by atomic mass is 32.1. The van der Waals surface area contributed by atoms with Crippen LogP contribution in [-0.2, 0) is 16.1 Å². The molecule has 8 heteroatoms. The zero-order chi connectivity index (χ0) is 28.9. The van der Waals surface area contributed by atoms with E-state index in [1.54, 1.807) is 4.57 Å². The molecule has 0 unspecified atom stereocenters. The Morgan fingerprint density at radius 2 is 1.76 bits per heavy atom. The Balaban J connectivity index is 1.56. The highest BCUT2D eigenvalue weighted by molar-refractivity contribution is 7.07. The number of benzene rings is 3. The average molecular weight is 569 g/mol. The lowest BCUT2D eigenvalue weighted by Gasteiger charge is -2.25. The maximum absolute atomic E-state index is 13.9. The number of allylic oxidation sites excluding steroid dienone is 1. The number of fused-ring (bicyclic) bond motifs is 1. The number of carbonyl (C=O) groups excluding carboxylic acids is 1. The molecule has 0 spiro atoms. The fraction of sp³-hybridized carbons (Fsp3) is 0.242. The van der Waals surface area contributed by atoms with E-state index in [1.165, 1.54) is 24.0 Å². The van der Waals surface area contributed by atoms with E-state index in [1.807, 2.05) is 80.6 Å². The van der Waals surface area contributed by atoms with E-state index in [0.29, 0.717) is 51.7 Å². The summed E-state index contributed by atoms with van der Waals surface area (Å²) >= 11 is 1.30. The number of methoxy groups -OCH3 is 1. The van der Waals surface area contributed by atoms with Crippen LogP contribution >= 0.6 is 11.3 Å². The molecule has 2 heterocycles. The summed E-state index contributed by atoms with van der Waals surface area (Å²) in [5, 5.41) is 0. The van der Waals surface area contributed by atoms with Crippen molar-refractivity contribution >= 4 is 23.4 Å². The molecule has 1 aliphatic rings. The van der Waals surface area contributed by atoms with E-state index in [-0.39, 0.29) is 5.56 Å². The van der Waals surface area contributed by atoms with Crippen LogP contribution < -0.4 is 24.4 Å². The van der Waals surface area contributed by atoms with Crippen LogP contribution in [0, 0.1) is 6.92 Å². The molecular formula is C33H32N2O5S. The molecule has 0 amide bonds. The summed E-state index contributed by atoms with van der Waals surface area (Å²) < 4.78 is 19.2. The van der Waals surface area contributed by atoms with Crippen LogP contribution in [0.4, 0.5) is 0 Å². The fourth-order valence-corrected chi connectivity index (χ4v) is 5.83. The van der Waals surface area contributed by atoms with Crippen molar-refractivity contribution in [3.05, 3.63) is 126 Å². The van der Waals surface area contributed by atoms with Crippen LogP contribution in [0.25, 0.3) is 6.08 Å². The topological polar surface area (TPSA) is 79.1 Å². The molecule has 0 saturated heterocycles. The number of hydrogen-bond donors (Lipinski definition) is 0. The minimum atomic E-state index is -0.631. The number of nitrogens with zero attached hydrogens (tertiary/aromatic N) is 2. The summed E-state index contributed by atoms with van der Waals surface area (Å²) in [6.07, 6.45) is 2.35. The van der Waals surface area contributed by atoms with Crippen LogP contribution in [0.15, 0.2) is 93.9 Å². The molecule has 4 aromatic rings. The van der Waals surface area contributed by atoms with Crippen LogP contribution in [0.2, 0.25) is 0 Å². The Morgan fingerprint density at radius 3 is 2.44 bits per heavy atom. The molecule has 7 nitrogen and oxygen atoms in total. The first-order valence-electron chi connectivity index (χ1n) is 13.6. The standard InChI is InChI=1S/C33H32N2O5S/c1-5-25-29(32(37)38-4)30(24-10-8-7-9-11-24)35-31(36)28(41-33(35)34-25)19-23-16-17-26(27(18-23)39-6-2)40-20-22-14-12-21(3)13-15-22/h7-19,30H,5-6,20H2,1-4H3/b28-19-/t30-/m0/s1. The summed E-state index contributed by atoms with van der Waals surface area (Å²) in [4.78, 5) is 32.1. The zero-order valence-corrected chi connectivity index (χ0v) is 24.4. The van der Waals surface area contributed by atoms with Gasteiger partial charge in [-0.25, -0.2) is 9.79 Å². The zero-order valence-electron chi connectivity index (χ0n) is 23.5. The van der Waals surface area contributed by atoms with E-state index < -0.39 is 12.0 Å². The average Bonchev–Trinajstić information content (AvgIpc) is 3.30. The van der Waals surface area contributed by atoms with E-state index >= 15 is 0 Å². The predicted octanol–water partition coefficient (Wildman–Crippen LogP) is 5.08. The van der Waals surface area contributed by atoms with Gasteiger partial charge in [0.05, 0.1) is 35.6 Å². The molecule has 5 rings (SSSR count). The largest absolute Gasteiger partial charge is 0.490 e. The lowest BCUT2D eigenvalue weighted by Crippen LogP contribution is -2.40. The third-order valence-electron chi connectivity index (χ3n) is 6.85. The molecule has 0 aliphatic carbocycles. The number of rotatable bonds is 9. The fourth-order valence-electron chi connectivity index (χ4n) is 4.81. The van der Waals surface area contributed by atoms with Crippen molar-refractivity contribution in [2.75, 3.05) is 13.7 Å². The van der Waals surface area contributed by atoms with Crippen LogP contribution in [0.3, 0.4) is 0 Å². The summed E-state index contributed by atoms with van der Waals surface area (Å²) in [5.41, 5.74) is 4.64. The molecule has 1 aromatic heterocycles. The van der Waals surface area contributed by atoms with Crippen molar-refractivity contribution in [3.8, 4) is 11.5 Å². The second-order valence-electron chi connectivity index (χ2n) is 9.61. The monoisotopic (exact) mass is 568 g/mol. The van der Waals surface area contributed by atoms with Gasteiger partial charge in [0.15, 0.2) is 16.3 Å². The third-order valence-corrected chi connectivity index (χ3v) is 7.83. The van der Waals surface area contributed by atoms with Gasteiger partial charge >= 0.3 is 5.97 Å². The van der Waals surface area contributed by atoms with Gasteiger partial charge in [-0.3, -0.25) is 9.36 Å². The van der Waals surface area contributed by atoms with Crippen molar-refractivity contribution in [1.82, 2.24) is 4.57 Å². The van der Waals surface area contributed by atoms with Crippen molar-refractivity contribution in [2.45, 2.75) is 39.8 Å². The van der Waals surface area contributed by atoms with Gasteiger partial charge in [-0.1, -0.05) is 84.5 Å². The highest BCUT2D eigenvalue weighted by Gasteiger charge is 2.33. The second-order valence-corrected chi connectivity index (χ2v) is 10.6. The number of hydrogen-bond acceptors (Lipinski definition) is 7. The van der Waals surface area contributed by atoms with Gasteiger partial charge in [0.1, 0.15) is 6.61 Å². The van der Waals surface area contributed by atoms with Crippen molar-refractivity contribution in [2.24, 2.45) is 4.99 Å².